The van der Waals surface area contributed by atoms with Crippen LogP contribution in [0.25, 0.3) is 0 Å². The van der Waals surface area contributed by atoms with E-state index in [1.165, 1.54) is 12.8 Å². The molecule has 0 aromatic carbocycles. The molecule has 2 rings (SSSR count). The number of hydrogen-bond acceptors (Lipinski definition) is 3. The summed E-state index contributed by atoms with van der Waals surface area (Å²) in [6, 6.07) is -0.133. The van der Waals surface area contributed by atoms with Gasteiger partial charge in [-0.25, -0.2) is 0 Å². The van der Waals surface area contributed by atoms with E-state index in [1.807, 2.05) is 25.7 Å². The first-order valence-electron chi connectivity index (χ1n) is 7.68. The van der Waals surface area contributed by atoms with E-state index in [9.17, 15) is 14.7 Å². The number of rotatable bonds is 4. The number of amides is 1. The molecule has 5 heteroatoms. The Hall–Kier alpha value is -1.10. The Morgan fingerprint density at radius 2 is 1.95 bits per heavy atom. The van der Waals surface area contributed by atoms with Gasteiger partial charge in [-0.15, -0.1) is 0 Å². The van der Waals surface area contributed by atoms with Gasteiger partial charge in [0.15, 0.2) is 0 Å². The van der Waals surface area contributed by atoms with Crippen LogP contribution in [0.3, 0.4) is 0 Å². The first-order chi connectivity index (χ1) is 9.41. The molecule has 4 atom stereocenters. The number of nitrogens with zero attached hydrogens (tertiary/aromatic N) is 2. The largest absolute Gasteiger partial charge is 0.481 e. The third-order valence-electron chi connectivity index (χ3n) is 4.84. The average Bonchev–Trinajstić information content (AvgIpc) is 2.79. The van der Waals surface area contributed by atoms with E-state index in [1.54, 1.807) is 0 Å². The second-order valence-electron chi connectivity index (χ2n) is 6.44. The Morgan fingerprint density at radius 1 is 1.35 bits per heavy atom. The summed E-state index contributed by atoms with van der Waals surface area (Å²) < 4.78 is 0. The van der Waals surface area contributed by atoms with Gasteiger partial charge >= 0.3 is 5.97 Å². The molecule has 1 N–H and O–H groups in total. The van der Waals surface area contributed by atoms with Crippen LogP contribution >= 0.6 is 0 Å². The molecule has 0 aliphatic carbocycles. The third kappa shape index (κ3) is 2.97. The monoisotopic (exact) mass is 282 g/mol. The lowest BCUT2D eigenvalue weighted by molar-refractivity contribution is -0.156. The summed E-state index contributed by atoms with van der Waals surface area (Å²) in [5, 5.41) is 9.40. The van der Waals surface area contributed by atoms with Crippen molar-refractivity contribution in [2.24, 2.45) is 11.8 Å². The van der Waals surface area contributed by atoms with Crippen molar-refractivity contribution in [1.29, 1.82) is 0 Å². The van der Waals surface area contributed by atoms with E-state index >= 15 is 0 Å². The van der Waals surface area contributed by atoms with E-state index in [4.69, 9.17) is 0 Å². The highest BCUT2D eigenvalue weighted by Gasteiger charge is 2.43. The smallest absolute Gasteiger partial charge is 0.308 e. The van der Waals surface area contributed by atoms with Gasteiger partial charge in [0.25, 0.3) is 0 Å². The number of aliphatic carboxylic acids is 1. The summed E-state index contributed by atoms with van der Waals surface area (Å²) in [4.78, 5) is 27.9. The van der Waals surface area contributed by atoms with Crippen LogP contribution < -0.4 is 0 Å². The molecule has 1 amide bonds. The molecule has 2 aliphatic rings. The van der Waals surface area contributed by atoms with Gasteiger partial charge in [-0.2, -0.15) is 0 Å². The first kappa shape index (κ1) is 15.3. The number of piperidine rings is 1. The number of carbonyl (C=O) groups is 2. The molecular weight excluding hydrogens is 256 g/mol. The summed E-state index contributed by atoms with van der Waals surface area (Å²) in [5.41, 5.74) is 0. The molecule has 5 nitrogen and oxygen atoms in total. The van der Waals surface area contributed by atoms with Gasteiger partial charge in [0.05, 0.1) is 5.92 Å². The Labute approximate surface area is 120 Å². The third-order valence-corrected chi connectivity index (χ3v) is 4.84. The maximum absolute atomic E-state index is 12.3. The molecule has 0 aromatic heterocycles. The zero-order valence-corrected chi connectivity index (χ0v) is 12.7. The van der Waals surface area contributed by atoms with E-state index < -0.39 is 11.9 Å². The molecule has 0 bridgehead atoms. The maximum atomic E-state index is 12.3. The number of likely N-dealkylation sites (tertiary alicyclic amines) is 2. The highest BCUT2D eigenvalue weighted by molar-refractivity contribution is 5.82. The van der Waals surface area contributed by atoms with Gasteiger partial charge in [0.2, 0.25) is 5.91 Å². The van der Waals surface area contributed by atoms with E-state index in [2.05, 4.69) is 4.90 Å². The van der Waals surface area contributed by atoms with Crippen LogP contribution in [0, 0.1) is 11.8 Å². The average molecular weight is 282 g/mol. The van der Waals surface area contributed by atoms with Crippen LogP contribution in [0.4, 0.5) is 0 Å². The minimum absolute atomic E-state index is 0.0785. The number of carboxylic acid groups (broad SMARTS) is 1. The summed E-state index contributed by atoms with van der Waals surface area (Å²) in [6.07, 6.45) is 2.81. The van der Waals surface area contributed by atoms with Crippen LogP contribution in [0.2, 0.25) is 0 Å². The first-order valence-corrected chi connectivity index (χ1v) is 7.68. The van der Waals surface area contributed by atoms with Crippen LogP contribution in [0.1, 0.15) is 40.0 Å². The molecule has 0 saturated carbocycles. The normalized spacial score (nSPS) is 33.5. The van der Waals surface area contributed by atoms with Gasteiger partial charge in [-0.05, 0) is 45.7 Å². The van der Waals surface area contributed by atoms with Crippen molar-refractivity contribution in [1.82, 2.24) is 9.80 Å². The fourth-order valence-corrected chi connectivity index (χ4v) is 3.91. The topological polar surface area (TPSA) is 60.9 Å². The Bertz CT molecular complexity index is 379. The zero-order valence-electron chi connectivity index (χ0n) is 12.7. The zero-order chi connectivity index (χ0) is 14.9. The highest BCUT2D eigenvalue weighted by Crippen LogP contribution is 2.31. The van der Waals surface area contributed by atoms with E-state index in [0.29, 0.717) is 6.42 Å². The van der Waals surface area contributed by atoms with E-state index in [-0.39, 0.29) is 23.9 Å². The lowest BCUT2D eigenvalue weighted by Crippen LogP contribution is -2.57. The van der Waals surface area contributed by atoms with Crippen molar-refractivity contribution < 1.29 is 14.7 Å². The van der Waals surface area contributed by atoms with Gasteiger partial charge in [-0.1, -0.05) is 6.92 Å². The quantitative estimate of drug-likeness (QED) is 0.847. The molecule has 20 heavy (non-hydrogen) atoms. The fourth-order valence-electron chi connectivity index (χ4n) is 3.91. The van der Waals surface area contributed by atoms with Gasteiger partial charge in [0.1, 0.15) is 0 Å². The van der Waals surface area contributed by atoms with Crippen molar-refractivity contribution in [2.45, 2.75) is 52.1 Å². The van der Waals surface area contributed by atoms with Gasteiger partial charge < -0.3 is 14.9 Å². The molecule has 0 radical (unpaired) electrons. The predicted molar refractivity (Wildman–Crippen MR) is 76.4 cm³/mol. The summed E-state index contributed by atoms with van der Waals surface area (Å²) >= 11 is 0. The SMILES string of the molecule is CC1CC(=O)N(C(C)CN2CCCC2)C(C)C1C(=O)O. The maximum Gasteiger partial charge on any atom is 0.308 e. The molecule has 0 aromatic rings. The van der Waals surface area contributed by atoms with Gasteiger partial charge in [0, 0.05) is 25.0 Å². The number of hydrogen-bond donors (Lipinski definition) is 1. The summed E-state index contributed by atoms with van der Waals surface area (Å²) in [7, 11) is 0. The molecule has 4 unspecified atom stereocenters. The molecule has 114 valence electrons. The molecule has 0 spiro atoms. The van der Waals surface area contributed by atoms with Crippen molar-refractivity contribution in [2.75, 3.05) is 19.6 Å². The minimum atomic E-state index is -0.782. The van der Waals surface area contributed by atoms with Crippen LogP contribution in [-0.4, -0.2) is 58.5 Å². The van der Waals surface area contributed by atoms with Crippen molar-refractivity contribution in [3.63, 3.8) is 0 Å². The molecule has 2 saturated heterocycles. The van der Waals surface area contributed by atoms with E-state index in [0.717, 1.165) is 19.6 Å². The summed E-state index contributed by atoms with van der Waals surface area (Å²) in [5.74, 6) is -1.20. The minimum Gasteiger partial charge on any atom is -0.481 e. The predicted octanol–water partition coefficient (Wildman–Crippen LogP) is 1.43. The second kappa shape index (κ2) is 6.12. The lowest BCUT2D eigenvalue weighted by atomic mass is 9.80. The Kier molecular flexibility index (Phi) is 4.68. The van der Waals surface area contributed by atoms with Crippen LogP contribution in [0.5, 0.6) is 0 Å². The molecule has 2 aliphatic heterocycles. The second-order valence-corrected chi connectivity index (χ2v) is 6.44. The lowest BCUT2D eigenvalue weighted by Gasteiger charge is -2.44. The number of carboxylic acids is 1. The van der Waals surface area contributed by atoms with Crippen molar-refractivity contribution >= 4 is 11.9 Å². The fraction of sp³-hybridized carbons (Fsp3) is 0.867. The Morgan fingerprint density at radius 3 is 2.50 bits per heavy atom. The van der Waals surface area contributed by atoms with Crippen molar-refractivity contribution in [3.8, 4) is 0 Å². The van der Waals surface area contributed by atoms with Crippen LogP contribution in [0.15, 0.2) is 0 Å². The summed E-state index contributed by atoms with van der Waals surface area (Å²) in [6.45, 7) is 8.85. The standard InChI is InChI=1S/C15H26N2O3/c1-10-8-13(18)17(12(3)14(10)15(19)20)11(2)9-16-6-4-5-7-16/h10-12,14H,4-9H2,1-3H3,(H,19,20). The van der Waals surface area contributed by atoms with Gasteiger partial charge in [-0.3, -0.25) is 9.59 Å². The molecule has 2 heterocycles. The molecule has 2 fully saturated rings. The molecular formula is C15H26N2O3. The Balaban J connectivity index is 2.07. The van der Waals surface area contributed by atoms with Crippen molar-refractivity contribution in [3.05, 3.63) is 0 Å². The highest BCUT2D eigenvalue weighted by atomic mass is 16.4. The number of carbonyl (C=O) groups excluding carboxylic acids is 1. The van der Waals surface area contributed by atoms with Crippen LogP contribution in [-0.2, 0) is 9.59 Å².